The first-order valence-electron chi connectivity index (χ1n) is 11.2. The van der Waals surface area contributed by atoms with E-state index in [1.54, 1.807) is 0 Å². The summed E-state index contributed by atoms with van der Waals surface area (Å²) in [6.07, 6.45) is 5.01. The second kappa shape index (κ2) is 11.8. The Hall–Kier alpha value is -2.04. The lowest BCUT2D eigenvalue weighted by atomic mass is 9.97. The summed E-state index contributed by atoms with van der Waals surface area (Å²) in [6, 6.07) is 17.3. The van der Waals surface area contributed by atoms with Crippen LogP contribution in [0.2, 0.25) is 0 Å². The zero-order chi connectivity index (χ0) is 20.3. The summed E-state index contributed by atoms with van der Waals surface area (Å²) in [4.78, 5) is 2.63. The van der Waals surface area contributed by atoms with E-state index in [9.17, 15) is 0 Å². The van der Waals surface area contributed by atoms with Crippen molar-refractivity contribution >= 4 is 0 Å². The molecule has 1 aliphatic heterocycles. The van der Waals surface area contributed by atoms with Crippen LogP contribution in [-0.4, -0.2) is 37.7 Å². The number of benzene rings is 2. The molecule has 1 saturated heterocycles. The van der Waals surface area contributed by atoms with Crippen LogP contribution in [0.1, 0.15) is 56.7 Å². The highest BCUT2D eigenvalue weighted by Gasteiger charge is 2.23. The Morgan fingerprint density at radius 1 is 0.931 bits per heavy atom. The van der Waals surface area contributed by atoms with Crippen molar-refractivity contribution in [3.05, 3.63) is 59.7 Å². The molecule has 1 fully saturated rings. The van der Waals surface area contributed by atoms with Gasteiger partial charge in [-0.15, -0.1) is 0 Å². The topological polar surface area (TPSA) is 33.7 Å². The summed E-state index contributed by atoms with van der Waals surface area (Å²) >= 11 is 0. The Morgan fingerprint density at radius 3 is 2.45 bits per heavy atom. The zero-order valence-electron chi connectivity index (χ0n) is 18.0. The van der Waals surface area contributed by atoms with Gasteiger partial charge < -0.3 is 14.8 Å². The molecule has 4 nitrogen and oxygen atoms in total. The molecule has 0 spiro atoms. The highest BCUT2D eigenvalue weighted by atomic mass is 16.5. The molecule has 29 heavy (non-hydrogen) atoms. The van der Waals surface area contributed by atoms with Gasteiger partial charge in [0.15, 0.2) is 11.5 Å². The minimum absolute atomic E-state index is 0.450. The fourth-order valence-corrected chi connectivity index (χ4v) is 4.00. The second-order valence-electron chi connectivity index (χ2n) is 7.71. The first-order chi connectivity index (χ1) is 14.3. The van der Waals surface area contributed by atoms with Crippen molar-refractivity contribution in [3.63, 3.8) is 0 Å². The Labute approximate surface area is 176 Å². The van der Waals surface area contributed by atoms with E-state index in [2.05, 4.69) is 47.5 Å². The van der Waals surface area contributed by atoms with Gasteiger partial charge in [0.05, 0.1) is 6.61 Å². The van der Waals surface area contributed by atoms with Crippen LogP contribution in [0.25, 0.3) is 0 Å². The van der Waals surface area contributed by atoms with Crippen molar-refractivity contribution in [2.45, 2.75) is 52.2 Å². The van der Waals surface area contributed by atoms with E-state index in [4.69, 9.17) is 9.47 Å². The molecule has 1 heterocycles. The third-order valence-electron chi connectivity index (χ3n) is 5.56. The lowest BCUT2D eigenvalue weighted by Gasteiger charge is -2.35. The van der Waals surface area contributed by atoms with Crippen LogP contribution in [0.3, 0.4) is 0 Å². The number of hydrogen-bond acceptors (Lipinski definition) is 4. The monoisotopic (exact) mass is 396 g/mol. The molecule has 0 radical (unpaired) electrons. The Morgan fingerprint density at radius 2 is 1.72 bits per heavy atom. The maximum atomic E-state index is 6.11. The molecule has 0 amide bonds. The van der Waals surface area contributed by atoms with Gasteiger partial charge in [-0.2, -0.15) is 0 Å². The average Bonchev–Trinajstić information content (AvgIpc) is 2.77. The Kier molecular flexibility index (Phi) is 8.84. The summed E-state index contributed by atoms with van der Waals surface area (Å²) in [6.45, 7) is 9.84. The smallest absolute Gasteiger partial charge is 0.161 e. The van der Waals surface area contributed by atoms with E-state index < -0.39 is 0 Å². The van der Waals surface area contributed by atoms with Crippen LogP contribution in [0.5, 0.6) is 11.5 Å². The van der Waals surface area contributed by atoms with Crippen molar-refractivity contribution in [1.82, 2.24) is 10.2 Å². The fraction of sp³-hybridized carbons (Fsp3) is 0.520. The summed E-state index contributed by atoms with van der Waals surface area (Å²) in [5.74, 6) is 1.68. The van der Waals surface area contributed by atoms with Gasteiger partial charge in [0, 0.05) is 32.2 Å². The predicted molar refractivity (Wildman–Crippen MR) is 120 cm³/mol. The Balaban J connectivity index is 1.77. The van der Waals surface area contributed by atoms with Crippen molar-refractivity contribution in [1.29, 1.82) is 0 Å². The van der Waals surface area contributed by atoms with Crippen LogP contribution in [0, 0.1) is 0 Å². The molecule has 0 aromatic heterocycles. The number of hydrogen-bond donors (Lipinski definition) is 1. The Bertz CT molecular complexity index is 714. The largest absolute Gasteiger partial charge is 0.490 e. The summed E-state index contributed by atoms with van der Waals surface area (Å²) in [5.41, 5.74) is 2.51. The fourth-order valence-electron chi connectivity index (χ4n) is 4.00. The normalized spacial score (nSPS) is 15.8. The third-order valence-corrected chi connectivity index (χ3v) is 5.56. The number of nitrogens with zero attached hydrogens (tertiary/aromatic N) is 1. The number of ether oxygens (including phenoxy) is 2. The maximum absolute atomic E-state index is 6.11. The lowest BCUT2D eigenvalue weighted by molar-refractivity contribution is 0.162. The van der Waals surface area contributed by atoms with Gasteiger partial charge in [-0.1, -0.05) is 62.6 Å². The number of rotatable bonds is 11. The molecular weight excluding hydrogens is 360 g/mol. The molecular formula is C25H36N2O2. The van der Waals surface area contributed by atoms with Gasteiger partial charge in [0.2, 0.25) is 0 Å². The first kappa shape index (κ1) is 21.7. The molecule has 0 saturated carbocycles. The van der Waals surface area contributed by atoms with E-state index in [1.807, 2.05) is 25.1 Å². The van der Waals surface area contributed by atoms with Crippen molar-refractivity contribution < 1.29 is 9.47 Å². The summed E-state index contributed by atoms with van der Waals surface area (Å²) in [7, 11) is 0. The molecule has 2 aromatic carbocycles. The van der Waals surface area contributed by atoms with Gasteiger partial charge in [-0.25, -0.2) is 0 Å². The molecule has 0 unspecified atom stereocenters. The number of piperazine rings is 1. The van der Waals surface area contributed by atoms with Gasteiger partial charge in [0.1, 0.15) is 6.61 Å². The number of unbranched alkanes of at least 4 members (excludes halogenated alkanes) is 2. The SMILES string of the molecule is CCCCC[C@H](c1ccc(OCc2ccccc2)c(OCC)c1)N1CCNCC1. The van der Waals surface area contributed by atoms with E-state index in [1.165, 1.54) is 31.2 Å². The van der Waals surface area contributed by atoms with Crippen molar-refractivity contribution in [3.8, 4) is 11.5 Å². The molecule has 1 N–H and O–H groups in total. The van der Waals surface area contributed by atoms with Crippen LogP contribution in [-0.2, 0) is 6.61 Å². The molecule has 4 heteroatoms. The zero-order valence-corrected chi connectivity index (χ0v) is 18.0. The van der Waals surface area contributed by atoms with Crippen molar-refractivity contribution in [2.24, 2.45) is 0 Å². The quantitative estimate of drug-likeness (QED) is 0.530. The molecule has 0 bridgehead atoms. The first-order valence-corrected chi connectivity index (χ1v) is 11.2. The highest BCUT2D eigenvalue weighted by molar-refractivity contribution is 5.44. The maximum Gasteiger partial charge on any atom is 0.161 e. The van der Waals surface area contributed by atoms with Gasteiger partial charge in [0.25, 0.3) is 0 Å². The van der Waals surface area contributed by atoms with Crippen LogP contribution >= 0.6 is 0 Å². The third kappa shape index (κ3) is 6.48. The van der Waals surface area contributed by atoms with Crippen LogP contribution in [0.15, 0.2) is 48.5 Å². The minimum atomic E-state index is 0.450. The molecule has 0 aliphatic carbocycles. The summed E-state index contributed by atoms with van der Waals surface area (Å²) in [5, 5.41) is 3.48. The van der Waals surface area contributed by atoms with E-state index >= 15 is 0 Å². The minimum Gasteiger partial charge on any atom is -0.490 e. The van der Waals surface area contributed by atoms with Crippen LogP contribution < -0.4 is 14.8 Å². The van der Waals surface area contributed by atoms with Gasteiger partial charge in [-0.05, 0) is 36.6 Å². The lowest BCUT2D eigenvalue weighted by Crippen LogP contribution is -2.45. The van der Waals surface area contributed by atoms with Crippen LogP contribution in [0.4, 0.5) is 0 Å². The molecule has 158 valence electrons. The van der Waals surface area contributed by atoms with Gasteiger partial charge in [-0.3, -0.25) is 4.90 Å². The molecule has 1 atom stereocenters. The molecule has 2 aromatic rings. The van der Waals surface area contributed by atoms with E-state index in [0.29, 0.717) is 19.3 Å². The predicted octanol–water partition coefficient (Wildman–Crippen LogP) is 5.19. The standard InChI is InChI=1S/C25H36N2O2/c1-3-5-7-12-23(27-17-15-26-16-18-27)22-13-14-24(25(19-22)28-4-2)29-20-21-10-8-6-9-11-21/h6,8-11,13-14,19,23,26H,3-5,7,12,15-18,20H2,1-2H3/t23-/m1/s1. The summed E-state index contributed by atoms with van der Waals surface area (Å²) < 4.78 is 12.1. The molecule has 3 rings (SSSR count). The average molecular weight is 397 g/mol. The van der Waals surface area contributed by atoms with E-state index in [-0.39, 0.29) is 0 Å². The molecule has 1 aliphatic rings. The number of nitrogens with one attached hydrogen (secondary N) is 1. The highest BCUT2D eigenvalue weighted by Crippen LogP contribution is 2.35. The van der Waals surface area contributed by atoms with E-state index in [0.717, 1.165) is 43.2 Å². The van der Waals surface area contributed by atoms with Gasteiger partial charge >= 0.3 is 0 Å². The second-order valence-corrected chi connectivity index (χ2v) is 7.71. The van der Waals surface area contributed by atoms with Crippen molar-refractivity contribution in [2.75, 3.05) is 32.8 Å².